The molecular formula is C14H20N4S2. The second-order valence-electron chi connectivity index (χ2n) is 5.03. The van der Waals surface area contributed by atoms with Crippen molar-refractivity contribution in [2.24, 2.45) is 0 Å². The second kappa shape index (κ2) is 6.65. The maximum absolute atomic E-state index is 4.46. The summed E-state index contributed by atoms with van der Waals surface area (Å²) in [7, 11) is 0. The molecule has 1 N–H and O–H groups in total. The fraction of sp³-hybridized carbons (Fsp3) is 0.571. The van der Waals surface area contributed by atoms with Gasteiger partial charge in [0.1, 0.15) is 5.01 Å². The molecule has 4 nitrogen and oxygen atoms in total. The Balaban J connectivity index is 1.44. The predicted molar refractivity (Wildman–Crippen MR) is 85.7 cm³/mol. The highest BCUT2D eigenvalue weighted by atomic mass is 32.1. The van der Waals surface area contributed by atoms with E-state index in [0.29, 0.717) is 6.04 Å². The third-order valence-electron chi connectivity index (χ3n) is 3.68. The number of hydrogen-bond donors (Lipinski definition) is 1. The van der Waals surface area contributed by atoms with Gasteiger partial charge in [0, 0.05) is 48.3 Å². The number of hydrogen-bond acceptors (Lipinski definition) is 6. The zero-order valence-electron chi connectivity index (χ0n) is 11.7. The number of aromatic nitrogens is 2. The van der Waals surface area contributed by atoms with Crippen LogP contribution < -0.4 is 10.2 Å². The summed E-state index contributed by atoms with van der Waals surface area (Å²) in [4.78, 5) is 12.6. The molecule has 3 rings (SSSR count). The number of rotatable bonds is 5. The van der Waals surface area contributed by atoms with Crippen molar-refractivity contribution in [3.63, 3.8) is 0 Å². The van der Waals surface area contributed by atoms with Crippen LogP contribution in [0.3, 0.4) is 0 Å². The lowest BCUT2D eigenvalue weighted by atomic mass is 10.1. The summed E-state index contributed by atoms with van der Waals surface area (Å²) in [5.74, 6) is 0. The maximum atomic E-state index is 4.46. The second-order valence-corrected chi connectivity index (χ2v) is 7.10. The Morgan fingerprint density at radius 2 is 2.20 bits per heavy atom. The minimum absolute atomic E-state index is 0.611. The van der Waals surface area contributed by atoms with Crippen LogP contribution in [-0.2, 0) is 13.0 Å². The molecule has 1 aliphatic rings. The normalized spacial score (nSPS) is 16.8. The molecule has 20 heavy (non-hydrogen) atoms. The zero-order chi connectivity index (χ0) is 13.8. The van der Waals surface area contributed by atoms with E-state index in [9.17, 15) is 0 Å². The van der Waals surface area contributed by atoms with E-state index in [4.69, 9.17) is 0 Å². The summed E-state index contributed by atoms with van der Waals surface area (Å²) in [6.45, 7) is 5.29. The van der Waals surface area contributed by atoms with Crippen LogP contribution in [0.2, 0.25) is 0 Å². The average molecular weight is 308 g/mol. The summed E-state index contributed by atoms with van der Waals surface area (Å²) in [5.41, 5.74) is 0. The van der Waals surface area contributed by atoms with Gasteiger partial charge in [-0.05, 0) is 19.3 Å². The van der Waals surface area contributed by atoms with E-state index in [2.05, 4.69) is 27.1 Å². The van der Waals surface area contributed by atoms with Crippen LogP contribution in [-0.4, -0.2) is 29.1 Å². The van der Waals surface area contributed by atoms with Gasteiger partial charge in [0.2, 0.25) is 0 Å². The zero-order valence-corrected chi connectivity index (χ0v) is 13.3. The highest BCUT2D eigenvalue weighted by molar-refractivity contribution is 7.13. The highest BCUT2D eigenvalue weighted by Crippen LogP contribution is 2.22. The quantitative estimate of drug-likeness (QED) is 0.922. The SMILES string of the molecule is CCc1cnc(CNC2CCN(c3nccs3)CC2)s1. The van der Waals surface area contributed by atoms with Crippen molar-refractivity contribution in [2.45, 2.75) is 38.8 Å². The summed E-state index contributed by atoms with van der Waals surface area (Å²) >= 11 is 3.56. The van der Waals surface area contributed by atoms with E-state index in [-0.39, 0.29) is 0 Å². The van der Waals surface area contributed by atoms with Crippen molar-refractivity contribution in [1.29, 1.82) is 0 Å². The van der Waals surface area contributed by atoms with Crippen LogP contribution in [0.25, 0.3) is 0 Å². The van der Waals surface area contributed by atoms with Gasteiger partial charge in [0.25, 0.3) is 0 Å². The molecule has 1 aliphatic heterocycles. The van der Waals surface area contributed by atoms with Gasteiger partial charge in [-0.1, -0.05) is 6.92 Å². The van der Waals surface area contributed by atoms with E-state index < -0.39 is 0 Å². The Morgan fingerprint density at radius 1 is 1.35 bits per heavy atom. The van der Waals surface area contributed by atoms with Crippen molar-refractivity contribution < 1.29 is 0 Å². The largest absolute Gasteiger partial charge is 0.348 e. The van der Waals surface area contributed by atoms with Crippen LogP contribution in [0.15, 0.2) is 17.8 Å². The van der Waals surface area contributed by atoms with Crippen molar-refractivity contribution in [2.75, 3.05) is 18.0 Å². The molecule has 3 heterocycles. The number of nitrogens with zero attached hydrogens (tertiary/aromatic N) is 3. The molecule has 0 aliphatic carbocycles. The predicted octanol–water partition coefficient (Wildman–Crippen LogP) is 2.92. The Hall–Kier alpha value is -0.980. The molecule has 0 amide bonds. The van der Waals surface area contributed by atoms with Crippen molar-refractivity contribution in [1.82, 2.24) is 15.3 Å². The first-order chi connectivity index (χ1) is 9.85. The van der Waals surface area contributed by atoms with E-state index in [1.54, 1.807) is 11.3 Å². The summed E-state index contributed by atoms with van der Waals surface area (Å²) in [5, 5.41) is 8.07. The number of piperidine rings is 1. The molecule has 2 aromatic heterocycles. The van der Waals surface area contributed by atoms with Gasteiger partial charge in [-0.2, -0.15) is 0 Å². The van der Waals surface area contributed by atoms with E-state index in [1.165, 1.54) is 22.7 Å². The first-order valence-corrected chi connectivity index (χ1v) is 8.86. The van der Waals surface area contributed by atoms with Crippen molar-refractivity contribution >= 4 is 27.8 Å². The lowest BCUT2D eigenvalue weighted by Crippen LogP contribution is -2.42. The highest BCUT2D eigenvalue weighted by Gasteiger charge is 2.20. The van der Waals surface area contributed by atoms with Crippen LogP contribution in [0.1, 0.15) is 29.7 Å². The molecule has 1 fully saturated rings. The molecule has 0 unspecified atom stereocenters. The standard InChI is InChI=1S/C14H20N4S2/c1-2-12-9-17-13(20-12)10-16-11-3-6-18(7-4-11)14-15-5-8-19-14/h5,8-9,11,16H,2-4,6-7,10H2,1H3. The Bertz CT molecular complexity index is 515. The summed E-state index contributed by atoms with van der Waals surface area (Å²) in [6.07, 6.45) is 7.35. The lowest BCUT2D eigenvalue weighted by molar-refractivity contribution is 0.413. The summed E-state index contributed by atoms with van der Waals surface area (Å²) < 4.78 is 0. The molecule has 0 radical (unpaired) electrons. The molecule has 108 valence electrons. The van der Waals surface area contributed by atoms with Crippen LogP contribution in [0.5, 0.6) is 0 Å². The minimum Gasteiger partial charge on any atom is -0.348 e. The molecule has 0 saturated carbocycles. The van der Waals surface area contributed by atoms with Gasteiger partial charge in [-0.3, -0.25) is 0 Å². The fourth-order valence-corrected chi connectivity index (χ4v) is 3.98. The monoisotopic (exact) mass is 308 g/mol. The molecular weight excluding hydrogens is 288 g/mol. The van der Waals surface area contributed by atoms with Crippen LogP contribution >= 0.6 is 22.7 Å². The van der Waals surface area contributed by atoms with Crippen molar-refractivity contribution in [3.05, 3.63) is 27.7 Å². The van der Waals surface area contributed by atoms with E-state index in [0.717, 1.165) is 31.2 Å². The van der Waals surface area contributed by atoms with Crippen LogP contribution in [0.4, 0.5) is 5.13 Å². The Kier molecular flexibility index (Phi) is 4.65. The molecule has 0 spiro atoms. The third-order valence-corrected chi connectivity index (χ3v) is 5.65. The average Bonchev–Trinajstić information content (AvgIpc) is 3.17. The van der Waals surface area contributed by atoms with Crippen molar-refractivity contribution in [3.8, 4) is 0 Å². The smallest absolute Gasteiger partial charge is 0.185 e. The molecule has 1 saturated heterocycles. The van der Waals surface area contributed by atoms with Gasteiger partial charge < -0.3 is 10.2 Å². The summed E-state index contributed by atoms with van der Waals surface area (Å²) in [6, 6.07) is 0.611. The first kappa shape index (κ1) is 14.0. The van der Waals surface area contributed by atoms with E-state index >= 15 is 0 Å². The Morgan fingerprint density at radius 3 is 2.85 bits per heavy atom. The van der Waals surface area contributed by atoms with Gasteiger partial charge in [-0.15, -0.1) is 22.7 Å². The molecule has 2 aromatic rings. The number of anilines is 1. The van der Waals surface area contributed by atoms with E-state index in [1.807, 2.05) is 29.1 Å². The molecule has 0 aromatic carbocycles. The number of nitrogens with one attached hydrogen (secondary N) is 1. The molecule has 0 bridgehead atoms. The van der Waals surface area contributed by atoms with Gasteiger partial charge in [-0.25, -0.2) is 9.97 Å². The van der Waals surface area contributed by atoms with Crippen LogP contribution in [0, 0.1) is 0 Å². The topological polar surface area (TPSA) is 41.1 Å². The number of thiazole rings is 2. The third kappa shape index (κ3) is 3.37. The van der Waals surface area contributed by atoms with Gasteiger partial charge in [0.05, 0.1) is 0 Å². The Labute approximate surface area is 127 Å². The lowest BCUT2D eigenvalue weighted by Gasteiger charge is -2.32. The fourth-order valence-electron chi connectivity index (χ4n) is 2.47. The molecule has 0 atom stereocenters. The number of aryl methyl sites for hydroxylation is 1. The molecule has 6 heteroatoms. The maximum Gasteiger partial charge on any atom is 0.185 e. The van der Waals surface area contributed by atoms with Gasteiger partial charge in [0.15, 0.2) is 5.13 Å². The first-order valence-electron chi connectivity index (χ1n) is 7.16. The van der Waals surface area contributed by atoms with Gasteiger partial charge >= 0.3 is 0 Å². The minimum atomic E-state index is 0.611.